The first kappa shape index (κ1) is 17.7. The fourth-order valence-electron chi connectivity index (χ4n) is 4.06. The number of aliphatic hydroxyl groups is 1. The third-order valence-corrected chi connectivity index (χ3v) is 5.55. The Balaban J connectivity index is 1.45. The van der Waals surface area contributed by atoms with Crippen LogP contribution >= 0.6 is 0 Å². The predicted molar refractivity (Wildman–Crippen MR) is 101 cm³/mol. The summed E-state index contributed by atoms with van der Waals surface area (Å²) in [5.41, 5.74) is 2.92. The van der Waals surface area contributed by atoms with Crippen LogP contribution in [-0.4, -0.2) is 36.4 Å². The van der Waals surface area contributed by atoms with E-state index in [4.69, 9.17) is 5.11 Å². The molecule has 2 fully saturated rings. The first-order chi connectivity index (χ1) is 11.8. The lowest BCUT2D eigenvalue weighted by Gasteiger charge is -2.30. The van der Waals surface area contributed by atoms with Crippen molar-refractivity contribution in [3.63, 3.8) is 0 Å². The minimum atomic E-state index is 0.246. The minimum absolute atomic E-state index is 0.246. The van der Waals surface area contributed by atoms with Gasteiger partial charge in [-0.3, -0.25) is 0 Å². The highest BCUT2D eigenvalue weighted by molar-refractivity contribution is 5.54. The first-order valence-electron chi connectivity index (χ1n) is 9.66. The number of rotatable bonds is 8. The highest BCUT2D eigenvalue weighted by atomic mass is 16.3. The highest BCUT2D eigenvalue weighted by Crippen LogP contribution is 2.40. The highest BCUT2D eigenvalue weighted by Gasteiger charge is 2.40. The SMILES string of the molecule is CC/C(=C\c1ccccc1)[C@@H]1C[C@H]1N[C@H]1CC[C@H](NCCO)CC1. The Labute approximate surface area is 146 Å². The topological polar surface area (TPSA) is 44.3 Å². The van der Waals surface area contributed by atoms with Crippen molar-refractivity contribution < 1.29 is 5.11 Å². The second-order valence-corrected chi connectivity index (χ2v) is 7.33. The standard InChI is InChI=1S/C21H32N2O/c1-2-17(14-16-6-4-3-5-7-16)20-15-21(20)23-19-10-8-18(9-11-19)22-12-13-24/h3-7,14,18-24H,2,8-13,15H2,1H3/b17-14+/t18-,19-,20-,21+/m0/s1. The van der Waals surface area contributed by atoms with Gasteiger partial charge in [0, 0.05) is 24.7 Å². The largest absolute Gasteiger partial charge is 0.395 e. The maximum Gasteiger partial charge on any atom is 0.0556 e. The van der Waals surface area contributed by atoms with Crippen LogP contribution in [0.1, 0.15) is 51.0 Å². The van der Waals surface area contributed by atoms with Gasteiger partial charge >= 0.3 is 0 Å². The second-order valence-electron chi connectivity index (χ2n) is 7.33. The molecule has 0 bridgehead atoms. The summed E-state index contributed by atoms with van der Waals surface area (Å²) in [6, 6.07) is 12.7. The van der Waals surface area contributed by atoms with E-state index in [2.05, 4.69) is 54.0 Å². The van der Waals surface area contributed by atoms with Gasteiger partial charge in [-0.1, -0.05) is 48.9 Å². The lowest BCUT2D eigenvalue weighted by molar-refractivity contribution is 0.258. The van der Waals surface area contributed by atoms with E-state index in [0.717, 1.165) is 18.9 Å². The summed E-state index contributed by atoms with van der Waals surface area (Å²) in [7, 11) is 0. The lowest BCUT2D eigenvalue weighted by Crippen LogP contribution is -2.41. The van der Waals surface area contributed by atoms with E-state index in [1.807, 2.05) is 0 Å². The zero-order valence-electron chi connectivity index (χ0n) is 14.9. The van der Waals surface area contributed by atoms with Gasteiger partial charge in [0.2, 0.25) is 0 Å². The van der Waals surface area contributed by atoms with Crippen molar-refractivity contribution >= 4 is 6.08 Å². The van der Waals surface area contributed by atoms with Crippen molar-refractivity contribution in [2.24, 2.45) is 5.92 Å². The maximum absolute atomic E-state index is 8.91. The van der Waals surface area contributed by atoms with Gasteiger partial charge in [0.15, 0.2) is 0 Å². The molecule has 1 aromatic rings. The summed E-state index contributed by atoms with van der Waals surface area (Å²) in [6.45, 7) is 3.26. The fraction of sp³-hybridized carbons (Fsp3) is 0.619. The Hall–Kier alpha value is -1.16. The van der Waals surface area contributed by atoms with E-state index < -0.39 is 0 Å². The van der Waals surface area contributed by atoms with Gasteiger partial charge in [-0.25, -0.2) is 0 Å². The zero-order chi connectivity index (χ0) is 16.8. The fourth-order valence-corrected chi connectivity index (χ4v) is 4.06. The van der Waals surface area contributed by atoms with Crippen LogP contribution in [-0.2, 0) is 0 Å². The molecule has 0 heterocycles. The number of hydrogen-bond acceptors (Lipinski definition) is 3. The average Bonchev–Trinajstić information content (AvgIpc) is 3.39. The Morgan fingerprint density at radius 1 is 1.12 bits per heavy atom. The van der Waals surface area contributed by atoms with Crippen LogP contribution < -0.4 is 10.6 Å². The quantitative estimate of drug-likeness (QED) is 0.686. The average molecular weight is 329 g/mol. The van der Waals surface area contributed by atoms with Gasteiger partial charge in [0.05, 0.1) is 6.61 Å². The van der Waals surface area contributed by atoms with Crippen molar-refractivity contribution in [3.8, 4) is 0 Å². The van der Waals surface area contributed by atoms with Gasteiger partial charge in [-0.05, 0) is 50.0 Å². The molecule has 3 heteroatoms. The molecular weight excluding hydrogens is 296 g/mol. The van der Waals surface area contributed by atoms with Crippen LogP contribution in [0.3, 0.4) is 0 Å². The summed E-state index contributed by atoms with van der Waals surface area (Å²) in [5, 5.41) is 16.2. The normalized spacial score (nSPS) is 30.3. The number of hydrogen-bond donors (Lipinski definition) is 3. The molecule has 1 aromatic carbocycles. The zero-order valence-corrected chi connectivity index (χ0v) is 14.9. The molecule has 3 N–H and O–H groups in total. The maximum atomic E-state index is 8.91. The molecule has 2 saturated carbocycles. The summed E-state index contributed by atoms with van der Waals surface area (Å²) in [5.74, 6) is 0.737. The van der Waals surface area contributed by atoms with E-state index in [9.17, 15) is 0 Å². The molecule has 2 aliphatic rings. The Bertz CT molecular complexity index is 520. The van der Waals surface area contributed by atoms with Gasteiger partial charge in [0.25, 0.3) is 0 Å². The van der Waals surface area contributed by atoms with Crippen LogP contribution in [0.5, 0.6) is 0 Å². The second kappa shape index (κ2) is 8.80. The van der Waals surface area contributed by atoms with E-state index in [1.165, 1.54) is 37.7 Å². The molecule has 132 valence electrons. The third kappa shape index (κ3) is 4.92. The van der Waals surface area contributed by atoms with Crippen molar-refractivity contribution in [3.05, 3.63) is 41.5 Å². The number of nitrogens with one attached hydrogen (secondary N) is 2. The van der Waals surface area contributed by atoms with Crippen LogP contribution in [0, 0.1) is 5.92 Å². The molecule has 0 radical (unpaired) electrons. The summed E-state index contributed by atoms with van der Waals surface area (Å²) < 4.78 is 0. The molecular formula is C21H32N2O. The van der Waals surface area contributed by atoms with E-state index in [-0.39, 0.29) is 6.61 Å². The van der Waals surface area contributed by atoms with Gasteiger partial charge in [0.1, 0.15) is 0 Å². The molecule has 2 aliphatic carbocycles. The number of benzene rings is 1. The van der Waals surface area contributed by atoms with Crippen molar-refractivity contribution in [2.45, 2.75) is 63.6 Å². The molecule has 0 aromatic heterocycles. The van der Waals surface area contributed by atoms with E-state index >= 15 is 0 Å². The Kier molecular flexibility index (Phi) is 6.47. The molecule has 0 saturated heterocycles. The molecule has 3 nitrogen and oxygen atoms in total. The van der Waals surface area contributed by atoms with E-state index in [1.54, 1.807) is 5.57 Å². The monoisotopic (exact) mass is 328 g/mol. The molecule has 3 rings (SSSR count). The van der Waals surface area contributed by atoms with Gasteiger partial charge in [-0.2, -0.15) is 0 Å². The Morgan fingerprint density at radius 3 is 2.50 bits per heavy atom. The predicted octanol–water partition coefficient (Wildman–Crippen LogP) is 3.35. The summed E-state index contributed by atoms with van der Waals surface area (Å²) in [4.78, 5) is 0. The van der Waals surface area contributed by atoms with E-state index in [0.29, 0.717) is 18.1 Å². The van der Waals surface area contributed by atoms with Crippen LogP contribution in [0.25, 0.3) is 6.08 Å². The summed E-state index contributed by atoms with van der Waals surface area (Å²) >= 11 is 0. The number of aliphatic hydroxyl groups excluding tert-OH is 1. The molecule has 24 heavy (non-hydrogen) atoms. The van der Waals surface area contributed by atoms with Crippen molar-refractivity contribution in [1.82, 2.24) is 10.6 Å². The van der Waals surface area contributed by atoms with Crippen LogP contribution in [0.2, 0.25) is 0 Å². The molecule has 0 aliphatic heterocycles. The lowest BCUT2D eigenvalue weighted by atomic mass is 9.91. The van der Waals surface area contributed by atoms with Gasteiger partial charge < -0.3 is 15.7 Å². The molecule has 0 amide bonds. The minimum Gasteiger partial charge on any atom is -0.395 e. The smallest absolute Gasteiger partial charge is 0.0556 e. The Morgan fingerprint density at radius 2 is 1.83 bits per heavy atom. The molecule has 0 spiro atoms. The van der Waals surface area contributed by atoms with Gasteiger partial charge in [-0.15, -0.1) is 0 Å². The summed E-state index contributed by atoms with van der Waals surface area (Å²) in [6.07, 6.45) is 9.82. The molecule has 0 unspecified atom stereocenters. The first-order valence-corrected chi connectivity index (χ1v) is 9.66. The molecule has 2 atom stereocenters. The van der Waals surface area contributed by atoms with Crippen molar-refractivity contribution in [1.29, 1.82) is 0 Å². The van der Waals surface area contributed by atoms with Crippen LogP contribution in [0.15, 0.2) is 35.9 Å². The van der Waals surface area contributed by atoms with Crippen LogP contribution in [0.4, 0.5) is 0 Å². The van der Waals surface area contributed by atoms with Crippen molar-refractivity contribution in [2.75, 3.05) is 13.2 Å². The third-order valence-electron chi connectivity index (χ3n) is 5.55.